The molecule has 4 aromatic carbocycles. The first kappa shape index (κ1) is 54.6. The number of fused-ring (bicyclic) bond motifs is 2. The van der Waals surface area contributed by atoms with Crippen LogP contribution in [-0.2, 0) is 20.2 Å². The third-order valence-corrected chi connectivity index (χ3v) is 15.3. The maximum absolute atomic E-state index is 12.0. The third-order valence-electron chi connectivity index (χ3n) is 10.8. The number of aliphatic hydroxyl groups excluding tert-OH is 2. The Labute approximate surface area is 436 Å². The molecular formula is C43H48Cl2N14O10S4. The molecule has 3 aromatic heterocycles. The van der Waals surface area contributed by atoms with E-state index in [1.807, 2.05) is 27.7 Å². The van der Waals surface area contributed by atoms with Crippen molar-refractivity contribution >= 4 is 149 Å². The van der Waals surface area contributed by atoms with Crippen LogP contribution >= 0.6 is 45.9 Å². The molecule has 0 amide bonds. The Balaban J connectivity index is 1.36. The highest BCUT2D eigenvalue weighted by molar-refractivity contribution is 7.86. The van der Waals surface area contributed by atoms with Gasteiger partial charge in [-0.25, -0.2) is 9.97 Å². The van der Waals surface area contributed by atoms with Gasteiger partial charge in [0.15, 0.2) is 0 Å². The summed E-state index contributed by atoms with van der Waals surface area (Å²) in [5, 5.41) is 44.4. The van der Waals surface area contributed by atoms with E-state index in [0.29, 0.717) is 69.8 Å². The van der Waals surface area contributed by atoms with E-state index in [4.69, 9.17) is 47.6 Å². The number of methoxy groups -OCH3 is 2. The first-order valence-corrected chi connectivity index (χ1v) is 27.3. The molecule has 7 rings (SSSR count). The summed E-state index contributed by atoms with van der Waals surface area (Å²) in [6.45, 7) is 9.80. The van der Waals surface area contributed by atoms with Gasteiger partial charge in [0.1, 0.15) is 32.7 Å². The molecule has 0 atom stereocenters. The van der Waals surface area contributed by atoms with Crippen molar-refractivity contribution < 1.29 is 45.6 Å². The number of rotatable bonds is 23. The van der Waals surface area contributed by atoms with Crippen LogP contribution in [0.15, 0.2) is 78.8 Å². The van der Waals surface area contributed by atoms with Gasteiger partial charge in [-0.2, -0.15) is 31.8 Å². The number of aliphatic hydroxyl groups is 2. The van der Waals surface area contributed by atoms with Crippen LogP contribution in [0.25, 0.3) is 20.4 Å². The summed E-state index contributed by atoms with van der Waals surface area (Å²) >= 11 is 14.5. The molecule has 0 radical (unpaired) electrons. The minimum atomic E-state index is -4.64. The fraction of sp³-hybridized carbons (Fsp3) is 0.326. The van der Waals surface area contributed by atoms with E-state index in [-0.39, 0.29) is 86.9 Å². The van der Waals surface area contributed by atoms with Crippen molar-refractivity contribution in [2.45, 2.75) is 37.5 Å². The molecule has 24 nitrogen and oxygen atoms in total. The highest BCUT2D eigenvalue weighted by atomic mass is 35.5. The zero-order valence-corrected chi connectivity index (χ0v) is 44.5. The Bertz CT molecular complexity index is 3230. The lowest BCUT2D eigenvalue weighted by molar-refractivity contribution is 0.280. The lowest BCUT2D eigenvalue weighted by Gasteiger charge is -2.25. The van der Waals surface area contributed by atoms with Crippen LogP contribution in [0.1, 0.15) is 27.7 Å². The van der Waals surface area contributed by atoms with E-state index < -0.39 is 30.0 Å². The van der Waals surface area contributed by atoms with Gasteiger partial charge in [0.05, 0.1) is 80.7 Å². The Morgan fingerprint density at radius 3 is 1.32 bits per heavy atom. The molecule has 6 N–H and O–H groups in total. The number of aromatic nitrogens is 5. The second-order valence-electron chi connectivity index (χ2n) is 15.2. The first-order valence-electron chi connectivity index (χ1n) is 22.0. The molecule has 30 heteroatoms. The molecule has 0 bridgehead atoms. The standard InChI is InChI=1S/C43H48Cl2N14O10S4/c1-7-57(8-2)31-17-25(27(19-33(31)68-5)53-55-42-48-29-21-37(72(62,63)64)23(44)15-35(29)70-42)46-39-50-40(52-41(51-39)59(11-13-60)12-14-61)47-26-18-32(58(9-3)10-4)34(69-6)20-28(26)54-56-43-49-30-22-38(73(65,66)67)24(45)16-36(30)71-43/h15-22,60-61H,7-14H2,1-6H3,(H,62,63,64)(H,65,66,67)(H2,46,47,50,51,52)/b55-53+,56-54+. The number of hydrogen-bond donors (Lipinski definition) is 6. The Kier molecular flexibility index (Phi) is 17.4. The molecule has 0 saturated heterocycles. The molecule has 0 aliphatic heterocycles. The minimum absolute atomic E-state index is 0.0223. The van der Waals surface area contributed by atoms with Gasteiger partial charge >= 0.3 is 0 Å². The van der Waals surface area contributed by atoms with E-state index in [1.54, 1.807) is 29.2 Å². The van der Waals surface area contributed by atoms with Gasteiger partial charge in [-0.05, 0) is 64.1 Å². The van der Waals surface area contributed by atoms with E-state index in [1.165, 1.54) is 26.4 Å². The Hall–Kier alpha value is -6.21. The van der Waals surface area contributed by atoms with Gasteiger partial charge in [-0.15, -0.1) is 20.5 Å². The zero-order chi connectivity index (χ0) is 52.8. The maximum Gasteiger partial charge on any atom is 0.296 e. The van der Waals surface area contributed by atoms with E-state index in [0.717, 1.165) is 34.8 Å². The molecule has 0 aliphatic rings. The molecule has 0 spiro atoms. The highest BCUT2D eigenvalue weighted by Gasteiger charge is 2.23. The maximum atomic E-state index is 12.0. The number of thiazole rings is 2. The number of ether oxygens (including phenoxy) is 2. The lowest BCUT2D eigenvalue weighted by Crippen LogP contribution is -2.31. The fourth-order valence-corrected chi connectivity index (χ4v) is 11.1. The molecule has 388 valence electrons. The summed E-state index contributed by atoms with van der Waals surface area (Å²) in [7, 11) is -6.25. The van der Waals surface area contributed by atoms with E-state index in [2.05, 4.69) is 50.9 Å². The summed E-state index contributed by atoms with van der Waals surface area (Å²) in [6, 6.07) is 11.9. The van der Waals surface area contributed by atoms with Gasteiger partial charge in [0, 0.05) is 51.4 Å². The number of nitrogens with one attached hydrogen (secondary N) is 2. The van der Waals surface area contributed by atoms with Crippen molar-refractivity contribution in [1.82, 2.24) is 24.9 Å². The summed E-state index contributed by atoms with van der Waals surface area (Å²) in [4.78, 5) is 27.7. The lowest BCUT2D eigenvalue weighted by atomic mass is 10.2. The molecule has 73 heavy (non-hydrogen) atoms. The second kappa shape index (κ2) is 23.3. The van der Waals surface area contributed by atoms with Gasteiger partial charge in [0.2, 0.25) is 28.1 Å². The number of halogens is 2. The van der Waals surface area contributed by atoms with Crippen molar-refractivity contribution in [3.63, 3.8) is 0 Å². The summed E-state index contributed by atoms with van der Waals surface area (Å²) in [6.07, 6.45) is 0. The molecular weight excluding hydrogens is 1070 g/mol. The number of nitrogens with zero attached hydrogens (tertiary/aromatic N) is 12. The predicted octanol–water partition coefficient (Wildman–Crippen LogP) is 9.71. The Morgan fingerprint density at radius 1 is 0.575 bits per heavy atom. The first-order chi connectivity index (χ1) is 34.8. The number of azo groups is 2. The topological polar surface area (TPSA) is 315 Å². The van der Waals surface area contributed by atoms with Crippen LogP contribution in [-0.4, -0.2) is 128 Å². The fourth-order valence-electron chi connectivity index (χ4n) is 7.35. The quantitative estimate of drug-likeness (QED) is 0.0256. The molecule has 0 aliphatic carbocycles. The van der Waals surface area contributed by atoms with Crippen LogP contribution in [0, 0.1) is 0 Å². The summed E-state index contributed by atoms with van der Waals surface area (Å²) in [5.41, 5.74) is 2.93. The number of hydrogen-bond acceptors (Lipinski definition) is 24. The van der Waals surface area contributed by atoms with Gasteiger partial charge < -0.3 is 45.0 Å². The van der Waals surface area contributed by atoms with Crippen LogP contribution in [0.4, 0.5) is 62.2 Å². The van der Waals surface area contributed by atoms with E-state index in [9.17, 15) is 36.2 Å². The molecule has 0 saturated carbocycles. The highest BCUT2D eigenvalue weighted by Crippen LogP contribution is 2.44. The van der Waals surface area contributed by atoms with Gasteiger partial charge in [-0.3, -0.25) is 9.11 Å². The van der Waals surface area contributed by atoms with Gasteiger partial charge in [0.25, 0.3) is 20.2 Å². The van der Waals surface area contributed by atoms with Crippen LogP contribution < -0.4 is 34.8 Å². The molecule has 0 unspecified atom stereocenters. The third kappa shape index (κ3) is 12.6. The SMILES string of the molecule is CCN(CC)c1cc(Nc2nc(Nc3cc(N(CC)CC)c(OC)cc3/N=N/c3nc4cc(S(=O)(=O)O)c(Cl)cc4s3)nc(N(CCO)CCO)n2)c(/N=N/c2nc3cc(S(=O)(=O)O)c(Cl)cc3s2)cc1OC. The monoisotopic (exact) mass is 1120 g/mol. The van der Waals surface area contributed by atoms with Crippen molar-refractivity contribution in [3.8, 4) is 11.5 Å². The van der Waals surface area contributed by atoms with Crippen molar-refractivity contribution in [2.75, 3.05) is 92.0 Å². The minimum Gasteiger partial charge on any atom is -0.494 e. The smallest absolute Gasteiger partial charge is 0.296 e. The largest absolute Gasteiger partial charge is 0.494 e. The summed E-state index contributed by atoms with van der Waals surface area (Å²) in [5.74, 6) is 0.919. The summed E-state index contributed by atoms with van der Waals surface area (Å²) < 4.78 is 79.8. The van der Waals surface area contributed by atoms with Crippen molar-refractivity contribution in [2.24, 2.45) is 20.5 Å². The molecule has 7 aromatic rings. The average Bonchev–Trinajstić information content (AvgIpc) is 3.95. The molecule has 3 heterocycles. The van der Waals surface area contributed by atoms with Gasteiger partial charge in [-0.1, -0.05) is 45.9 Å². The van der Waals surface area contributed by atoms with E-state index >= 15 is 0 Å². The normalized spacial score (nSPS) is 12.1. The predicted molar refractivity (Wildman–Crippen MR) is 283 cm³/mol. The molecule has 0 fully saturated rings. The number of benzene rings is 4. The van der Waals surface area contributed by atoms with Crippen molar-refractivity contribution in [3.05, 3.63) is 58.6 Å². The second-order valence-corrected chi connectivity index (χ2v) is 20.9. The van der Waals surface area contributed by atoms with Crippen LogP contribution in [0.3, 0.4) is 0 Å². The zero-order valence-electron chi connectivity index (χ0n) is 39.8. The number of anilines is 7. The Morgan fingerprint density at radius 2 is 0.973 bits per heavy atom. The average molecular weight is 1120 g/mol. The van der Waals surface area contributed by atoms with Crippen LogP contribution in [0.2, 0.25) is 10.0 Å². The van der Waals surface area contributed by atoms with Crippen molar-refractivity contribution in [1.29, 1.82) is 0 Å². The van der Waals surface area contributed by atoms with Crippen LogP contribution in [0.5, 0.6) is 11.5 Å².